The van der Waals surface area contributed by atoms with Gasteiger partial charge in [-0.2, -0.15) is 0 Å². The number of hydrogen-bond donors (Lipinski definition) is 0. The van der Waals surface area contributed by atoms with Crippen LogP contribution in [0.5, 0.6) is 0 Å². The molecule has 0 aliphatic rings. The number of allylic oxidation sites excluding steroid dienone is 1. The zero-order chi connectivity index (χ0) is 21.7. The van der Waals surface area contributed by atoms with Gasteiger partial charge in [0.2, 0.25) is 0 Å². The number of esters is 1. The molecule has 0 aromatic heterocycles. The van der Waals surface area contributed by atoms with Crippen molar-refractivity contribution in [1.82, 2.24) is 0 Å². The molecule has 2 atom stereocenters. The van der Waals surface area contributed by atoms with E-state index in [9.17, 15) is 4.79 Å². The highest BCUT2D eigenvalue weighted by Gasteiger charge is 2.20. The molecule has 0 bridgehead atoms. The summed E-state index contributed by atoms with van der Waals surface area (Å²) in [6.07, 6.45) is 24.7. The number of hydrogen-bond acceptors (Lipinski definition) is 2. The van der Waals surface area contributed by atoms with E-state index in [1.54, 1.807) is 0 Å². The molecule has 0 radical (unpaired) electrons. The van der Waals surface area contributed by atoms with Crippen molar-refractivity contribution in [3.63, 3.8) is 0 Å². The van der Waals surface area contributed by atoms with Crippen molar-refractivity contribution < 1.29 is 9.53 Å². The topological polar surface area (TPSA) is 26.3 Å². The highest BCUT2D eigenvalue weighted by Crippen LogP contribution is 2.19. The molecule has 2 unspecified atom stereocenters. The van der Waals surface area contributed by atoms with Gasteiger partial charge in [-0.1, -0.05) is 123 Å². The Hall–Kier alpha value is -0.790. The molecule has 0 saturated carbocycles. The first kappa shape index (κ1) is 28.2. The Kier molecular flexibility index (Phi) is 19.9. The molecule has 0 fully saturated rings. The molecule has 172 valence electrons. The normalized spacial score (nSPS) is 13.9. The Bertz CT molecular complexity index is 386. The van der Waals surface area contributed by atoms with E-state index < -0.39 is 0 Å². The van der Waals surface area contributed by atoms with E-state index in [0.29, 0.717) is 5.92 Å². The van der Waals surface area contributed by atoms with Gasteiger partial charge in [-0.15, -0.1) is 0 Å². The third-order valence-electron chi connectivity index (χ3n) is 6.01. The summed E-state index contributed by atoms with van der Waals surface area (Å²) in [4.78, 5) is 12.7. The predicted molar refractivity (Wildman–Crippen MR) is 128 cm³/mol. The summed E-state index contributed by atoms with van der Waals surface area (Å²) in [6.45, 7) is 10.8. The lowest BCUT2D eigenvalue weighted by Gasteiger charge is -2.20. The minimum atomic E-state index is -0.0589. The SMILES string of the molecule is CCCCCCCC/C=C/C(CCCCCCCCCC)C(=O)OC(C)C(C)C. The Balaban J connectivity index is 4.25. The summed E-state index contributed by atoms with van der Waals surface area (Å²) in [5.74, 6) is 0.291. The van der Waals surface area contributed by atoms with Gasteiger partial charge in [0.1, 0.15) is 6.10 Å². The maximum atomic E-state index is 12.7. The minimum Gasteiger partial charge on any atom is -0.462 e. The number of carbonyl (C=O) groups excluding carboxylic acids is 1. The molecule has 0 N–H and O–H groups in total. The largest absolute Gasteiger partial charge is 0.462 e. The van der Waals surface area contributed by atoms with Crippen LogP contribution >= 0.6 is 0 Å². The van der Waals surface area contributed by atoms with Crippen LogP contribution < -0.4 is 0 Å². The molecule has 0 heterocycles. The Morgan fingerprint density at radius 1 is 0.724 bits per heavy atom. The number of unbranched alkanes of at least 4 members (excludes halogenated alkanes) is 13. The molecule has 0 aliphatic carbocycles. The monoisotopic (exact) mass is 408 g/mol. The Morgan fingerprint density at radius 3 is 1.72 bits per heavy atom. The summed E-state index contributed by atoms with van der Waals surface area (Å²) in [6, 6.07) is 0. The van der Waals surface area contributed by atoms with Crippen molar-refractivity contribution in [2.45, 2.75) is 143 Å². The molecule has 0 spiro atoms. The average Bonchev–Trinajstić information content (AvgIpc) is 2.70. The highest BCUT2D eigenvalue weighted by atomic mass is 16.5. The van der Waals surface area contributed by atoms with E-state index in [-0.39, 0.29) is 18.0 Å². The summed E-state index contributed by atoms with van der Waals surface area (Å²) < 4.78 is 5.73. The van der Waals surface area contributed by atoms with Crippen LogP contribution in [0, 0.1) is 11.8 Å². The van der Waals surface area contributed by atoms with Gasteiger partial charge in [-0.3, -0.25) is 4.79 Å². The van der Waals surface area contributed by atoms with Crippen LogP contribution in [0.15, 0.2) is 12.2 Å². The average molecular weight is 409 g/mol. The molecular formula is C27H52O2. The van der Waals surface area contributed by atoms with Crippen molar-refractivity contribution in [3.8, 4) is 0 Å². The zero-order valence-corrected chi connectivity index (χ0v) is 20.5. The fraction of sp³-hybridized carbons (Fsp3) is 0.889. The molecular weight excluding hydrogens is 356 g/mol. The molecule has 0 amide bonds. The van der Waals surface area contributed by atoms with Gasteiger partial charge in [0.25, 0.3) is 0 Å². The number of carbonyl (C=O) groups is 1. The first-order valence-corrected chi connectivity index (χ1v) is 12.9. The smallest absolute Gasteiger partial charge is 0.313 e. The second-order valence-electron chi connectivity index (χ2n) is 9.24. The van der Waals surface area contributed by atoms with Gasteiger partial charge in [-0.05, 0) is 32.1 Å². The third-order valence-corrected chi connectivity index (χ3v) is 6.01. The maximum Gasteiger partial charge on any atom is 0.313 e. The zero-order valence-electron chi connectivity index (χ0n) is 20.5. The lowest BCUT2D eigenvalue weighted by Crippen LogP contribution is -2.25. The summed E-state index contributed by atoms with van der Waals surface area (Å²) in [5.41, 5.74) is 0. The first-order chi connectivity index (χ1) is 14.0. The standard InChI is InChI=1S/C27H52O2/c1-6-8-10-12-14-16-18-20-22-26(27(28)29-25(5)24(3)4)23-21-19-17-15-13-11-9-7-2/h20,22,24-26H,6-19,21,23H2,1-5H3/b22-20+. The third kappa shape index (κ3) is 17.8. The first-order valence-electron chi connectivity index (χ1n) is 12.9. The molecule has 29 heavy (non-hydrogen) atoms. The van der Waals surface area contributed by atoms with E-state index in [1.807, 2.05) is 6.92 Å². The minimum absolute atomic E-state index is 0.00414. The molecule has 0 rings (SSSR count). The van der Waals surface area contributed by atoms with Crippen molar-refractivity contribution in [3.05, 3.63) is 12.2 Å². The number of rotatable bonds is 20. The summed E-state index contributed by atoms with van der Waals surface area (Å²) in [7, 11) is 0. The lowest BCUT2D eigenvalue weighted by atomic mass is 9.98. The van der Waals surface area contributed by atoms with Gasteiger partial charge >= 0.3 is 5.97 Å². The van der Waals surface area contributed by atoms with Crippen LogP contribution in [0.4, 0.5) is 0 Å². The van der Waals surface area contributed by atoms with Gasteiger partial charge in [0.15, 0.2) is 0 Å². The van der Waals surface area contributed by atoms with Crippen LogP contribution in [-0.2, 0) is 9.53 Å². The van der Waals surface area contributed by atoms with Crippen LogP contribution in [0.25, 0.3) is 0 Å². The van der Waals surface area contributed by atoms with Crippen molar-refractivity contribution in [2.75, 3.05) is 0 Å². The van der Waals surface area contributed by atoms with Crippen LogP contribution in [-0.4, -0.2) is 12.1 Å². The van der Waals surface area contributed by atoms with E-state index in [2.05, 4.69) is 39.8 Å². The van der Waals surface area contributed by atoms with Crippen LogP contribution in [0.2, 0.25) is 0 Å². The quantitative estimate of drug-likeness (QED) is 0.114. The molecule has 2 nitrogen and oxygen atoms in total. The van der Waals surface area contributed by atoms with Crippen molar-refractivity contribution >= 4 is 5.97 Å². The highest BCUT2D eigenvalue weighted by molar-refractivity contribution is 5.74. The van der Waals surface area contributed by atoms with Crippen molar-refractivity contribution in [1.29, 1.82) is 0 Å². The molecule has 0 saturated heterocycles. The van der Waals surface area contributed by atoms with Crippen LogP contribution in [0.1, 0.15) is 137 Å². The number of ether oxygens (including phenoxy) is 1. The fourth-order valence-corrected chi connectivity index (χ4v) is 3.50. The predicted octanol–water partition coefficient (Wildman–Crippen LogP) is 9.03. The summed E-state index contributed by atoms with van der Waals surface area (Å²) >= 11 is 0. The second kappa shape index (κ2) is 20.5. The fourth-order valence-electron chi connectivity index (χ4n) is 3.50. The Labute approximate surface area is 183 Å². The van der Waals surface area contributed by atoms with Crippen molar-refractivity contribution in [2.24, 2.45) is 11.8 Å². The molecule has 0 aliphatic heterocycles. The maximum absolute atomic E-state index is 12.7. The molecule has 0 aromatic carbocycles. The van der Waals surface area contributed by atoms with E-state index in [4.69, 9.17) is 4.74 Å². The van der Waals surface area contributed by atoms with Crippen LogP contribution in [0.3, 0.4) is 0 Å². The Morgan fingerprint density at radius 2 is 1.21 bits per heavy atom. The van der Waals surface area contributed by atoms with Gasteiger partial charge in [0.05, 0.1) is 5.92 Å². The van der Waals surface area contributed by atoms with E-state index in [1.165, 1.54) is 83.5 Å². The lowest BCUT2D eigenvalue weighted by molar-refractivity contribution is -0.153. The second-order valence-corrected chi connectivity index (χ2v) is 9.24. The van der Waals surface area contributed by atoms with Gasteiger partial charge < -0.3 is 4.74 Å². The molecule has 2 heteroatoms. The molecule has 0 aromatic rings. The van der Waals surface area contributed by atoms with Gasteiger partial charge in [-0.25, -0.2) is 0 Å². The van der Waals surface area contributed by atoms with E-state index in [0.717, 1.165) is 19.3 Å². The summed E-state index contributed by atoms with van der Waals surface area (Å²) in [5, 5.41) is 0. The van der Waals surface area contributed by atoms with E-state index >= 15 is 0 Å². The van der Waals surface area contributed by atoms with Gasteiger partial charge in [0, 0.05) is 0 Å².